The maximum atomic E-state index is 10.9. The summed E-state index contributed by atoms with van der Waals surface area (Å²) in [5.41, 5.74) is 2.68. The van der Waals surface area contributed by atoms with E-state index in [9.17, 15) is 10.1 Å². The van der Waals surface area contributed by atoms with Crippen LogP contribution in [0.4, 0.5) is 5.69 Å². The number of nitrogens with zero attached hydrogens (tertiary/aromatic N) is 3. The molecule has 0 bridgehead atoms. The Bertz CT molecular complexity index is 844. The number of nitro groups is 1. The van der Waals surface area contributed by atoms with Gasteiger partial charge in [0, 0.05) is 41.8 Å². The van der Waals surface area contributed by atoms with Crippen molar-refractivity contribution < 1.29 is 37.9 Å². The topological polar surface area (TPSA) is 73.0 Å². The van der Waals surface area contributed by atoms with Crippen molar-refractivity contribution in [2.45, 2.75) is 26.8 Å². The number of aromatic nitrogens is 2. The smallest absolute Gasteiger partial charge is 0.272 e. The first-order valence-electron chi connectivity index (χ1n) is 7.13. The number of pyridine rings is 1. The number of rotatable bonds is 4. The van der Waals surface area contributed by atoms with E-state index < -0.39 is 4.92 Å². The van der Waals surface area contributed by atoms with Crippen LogP contribution in [0.5, 0.6) is 0 Å². The highest BCUT2D eigenvalue weighted by molar-refractivity contribution is 5.81. The minimum Gasteiger partial charge on any atom is -1.00 e. The summed E-state index contributed by atoms with van der Waals surface area (Å²) < 4.78 is 7.86. The summed E-state index contributed by atoms with van der Waals surface area (Å²) in [6, 6.07) is 6.81. The summed E-state index contributed by atoms with van der Waals surface area (Å²) in [5.74, 6) is 0.474. The number of benzene rings is 1. The second-order valence-corrected chi connectivity index (χ2v) is 5.21. The summed E-state index contributed by atoms with van der Waals surface area (Å²) >= 11 is 0. The van der Waals surface area contributed by atoms with Crippen LogP contribution in [0.15, 0.2) is 41.1 Å². The molecule has 7 heteroatoms. The summed E-state index contributed by atoms with van der Waals surface area (Å²) in [7, 11) is 0. The highest BCUT2D eigenvalue weighted by atomic mass is 127. The van der Waals surface area contributed by atoms with Gasteiger partial charge in [-0.25, -0.2) is 9.55 Å². The standard InChI is InChI=1S/C16H16N3O3.HI/c1-3-6-18-7-4-12(5-8-18)16-17-14-10-13(19(20)21)9-11(2)15(14)22-16;/h4-5,7-10H,3,6H2,1-2H3;1H/q+1;/p-1. The van der Waals surface area contributed by atoms with E-state index >= 15 is 0 Å². The van der Waals surface area contributed by atoms with Gasteiger partial charge < -0.3 is 28.4 Å². The normalized spacial score (nSPS) is 10.5. The van der Waals surface area contributed by atoms with Gasteiger partial charge in [0.25, 0.3) is 5.69 Å². The van der Waals surface area contributed by atoms with E-state index in [0.29, 0.717) is 22.6 Å². The first-order chi connectivity index (χ1) is 10.6. The van der Waals surface area contributed by atoms with E-state index in [-0.39, 0.29) is 29.7 Å². The first-order valence-corrected chi connectivity index (χ1v) is 7.13. The molecule has 3 aromatic rings. The molecule has 0 saturated heterocycles. The third-order valence-electron chi connectivity index (χ3n) is 3.49. The predicted octanol–water partition coefficient (Wildman–Crippen LogP) is 0.413. The van der Waals surface area contributed by atoms with Crippen molar-refractivity contribution in [1.29, 1.82) is 0 Å². The third kappa shape index (κ3) is 3.49. The Morgan fingerprint density at radius 2 is 2.00 bits per heavy atom. The Morgan fingerprint density at radius 1 is 1.30 bits per heavy atom. The van der Waals surface area contributed by atoms with Gasteiger partial charge in [0.15, 0.2) is 18.0 Å². The molecule has 3 rings (SSSR count). The van der Waals surface area contributed by atoms with Gasteiger partial charge in [-0.05, 0) is 6.92 Å². The Labute approximate surface area is 150 Å². The second kappa shape index (κ2) is 7.03. The number of aryl methyl sites for hydroxylation is 2. The van der Waals surface area contributed by atoms with E-state index in [1.54, 1.807) is 6.92 Å². The minimum atomic E-state index is -0.420. The average molecular weight is 425 g/mol. The van der Waals surface area contributed by atoms with Gasteiger partial charge in [0.05, 0.1) is 4.92 Å². The molecule has 0 spiro atoms. The fraction of sp³-hybridized carbons (Fsp3) is 0.250. The SMILES string of the molecule is CCC[n+]1ccc(-c2nc3cc([N+](=O)[O-])cc(C)c3o2)cc1.[I-]. The van der Waals surface area contributed by atoms with Crippen LogP contribution in [0, 0.1) is 17.0 Å². The Kier molecular flexibility index (Phi) is 5.30. The fourth-order valence-corrected chi connectivity index (χ4v) is 2.42. The molecule has 0 atom stereocenters. The number of hydrogen-bond acceptors (Lipinski definition) is 4. The lowest BCUT2D eigenvalue weighted by Crippen LogP contribution is -3.00. The molecule has 0 aliphatic carbocycles. The zero-order valence-electron chi connectivity index (χ0n) is 12.8. The van der Waals surface area contributed by atoms with Crippen molar-refractivity contribution in [2.24, 2.45) is 0 Å². The van der Waals surface area contributed by atoms with Crippen molar-refractivity contribution >= 4 is 16.8 Å². The van der Waals surface area contributed by atoms with E-state index in [4.69, 9.17) is 4.42 Å². The molecule has 0 aliphatic rings. The Balaban J connectivity index is 0.00000192. The highest BCUT2D eigenvalue weighted by Gasteiger charge is 2.16. The van der Waals surface area contributed by atoms with E-state index in [0.717, 1.165) is 18.5 Å². The van der Waals surface area contributed by atoms with Gasteiger partial charge >= 0.3 is 0 Å². The van der Waals surface area contributed by atoms with Crippen LogP contribution in [0.1, 0.15) is 18.9 Å². The summed E-state index contributed by atoms with van der Waals surface area (Å²) in [5, 5.41) is 10.9. The molecule has 0 aliphatic heterocycles. The number of oxazole rings is 1. The highest BCUT2D eigenvalue weighted by Crippen LogP contribution is 2.29. The Morgan fingerprint density at radius 3 is 2.61 bits per heavy atom. The number of hydrogen-bond donors (Lipinski definition) is 0. The first kappa shape index (κ1) is 17.3. The molecule has 2 aromatic heterocycles. The molecule has 2 heterocycles. The molecular formula is C16H16IN3O3. The molecule has 1 aromatic carbocycles. The Hall–Kier alpha value is -2.03. The van der Waals surface area contributed by atoms with E-state index in [2.05, 4.69) is 16.5 Å². The fourth-order valence-electron chi connectivity index (χ4n) is 2.42. The summed E-state index contributed by atoms with van der Waals surface area (Å²) in [4.78, 5) is 14.9. The van der Waals surface area contributed by atoms with Crippen molar-refractivity contribution in [3.63, 3.8) is 0 Å². The monoisotopic (exact) mass is 425 g/mol. The molecule has 0 fully saturated rings. The molecule has 120 valence electrons. The van der Waals surface area contributed by atoms with Crippen LogP contribution < -0.4 is 28.5 Å². The van der Waals surface area contributed by atoms with Crippen LogP contribution in [0.25, 0.3) is 22.6 Å². The van der Waals surface area contributed by atoms with Gasteiger partial charge in [0.1, 0.15) is 12.1 Å². The zero-order valence-corrected chi connectivity index (χ0v) is 15.0. The van der Waals surface area contributed by atoms with Crippen molar-refractivity contribution in [3.05, 3.63) is 52.3 Å². The van der Waals surface area contributed by atoms with Crippen molar-refractivity contribution in [2.75, 3.05) is 0 Å². The van der Waals surface area contributed by atoms with Gasteiger partial charge in [0.2, 0.25) is 5.89 Å². The third-order valence-corrected chi connectivity index (χ3v) is 3.49. The van der Waals surface area contributed by atoms with Crippen LogP contribution >= 0.6 is 0 Å². The molecular weight excluding hydrogens is 409 g/mol. The average Bonchev–Trinajstić information content (AvgIpc) is 2.93. The quantitative estimate of drug-likeness (QED) is 0.263. The van der Waals surface area contributed by atoms with Crippen LogP contribution in [-0.2, 0) is 6.54 Å². The minimum absolute atomic E-state index is 0. The van der Waals surface area contributed by atoms with Crippen molar-refractivity contribution in [1.82, 2.24) is 4.98 Å². The lowest BCUT2D eigenvalue weighted by Gasteiger charge is -1.95. The maximum Gasteiger partial charge on any atom is 0.272 e. The molecule has 6 nitrogen and oxygen atoms in total. The molecule has 0 unspecified atom stereocenters. The van der Waals surface area contributed by atoms with Gasteiger partial charge in [-0.15, -0.1) is 0 Å². The number of non-ortho nitro benzene ring substituents is 1. The summed E-state index contributed by atoms with van der Waals surface area (Å²) in [6.45, 7) is 4.86. The summed E-state index contributed by atoms with van der Waals surface area (Å²) in [6.07, 6.45) is 5.02. The molecule has 23 heavy (non-hydrogen) atoms. The maximum absolute atomic E-state index is 10.9. The van der Waals surface area contributed by atoms with Crippen LogP contribution in [-0.4, -0.2) is 9.91 Å². The number of fused-ring (bicyclic) bond motifs is 1. The molecule has 0 N–H and O–H groups in total. The van der Waals surface area contributed by atoms with Crippen LogP contribution in [0.2, 0.25) is 0 Å². The van der Waals surface area contributed by atoms with Crippen molar-refractivity contribution in [3.8, 4) is 11.5 Å². The van der Waals surface area contributed by atoms with Gasteiger partial charge in [-0.3, -0.25) is 10.1 Å². The predicted molar refractivity (Wildman–Crippen MR) is 81.3 cm³/mol. The molecule has 0 amide bonds. The lowest BCUT2D eigenvalue weighted by atomic mass is 10.2. The number of nitro benzene ring substituents is 1. The van der Waals surface area contributed by atoms with E-state index in [1.807, 2.05) is 24.5 Å². The zero-order chi connectivity index (χ0) is 15.7. The molecule has 0 radical (unpaired) electrons. The van der Waals surface area contributed by atoms with Gasteiger partial charge in [-0.2, -0.15) is 0 Å². The van der Waals surface area contributed by atoms with E-state index in [1.165, 1.54) is 12.1 Å². The second-order valence-electron chi connectivity index (χ2n) is 5.21. The lowest BCUT2D eigenvalue weighted by molar-refractivity contribution is -0.696. The molecule has 0 saturated carbocycles. The number of halogens is 1. The largest absolute Gasteiger partial charge is 1.00 e. The van der Waals surface area contributed by atoms with Gasteiger partial charge in [-0.1, -0.05) is 6.92 Å². The van der Waals surface area contributed by atoms with Crippen LogP contribution in [0.3, 0.4) is 0 Å².